The number of nitrogens with zero attached hydrogens (tertiary/aromatic N) is 1. The van der Waals surface area contributed by atoms with E-state index in [1.54, 1.807) is 24.3 Å². The summed E-state index contributed by atoms with van der Waals surface area (Å²) in [5, 5.41) is 49.8. The molecule has 2 heterocycles. The highest BCUT2D eigenvalue weighted by atomic mass is 16.4. The van der Waals surface area contributed by atoms with E-state index < -0.39 is 42.8 Å². The molecule has 1 fully saturated rings. The van der Waals surface area contributed by atoms with E-state index in [-0.39, 0.29) is 24.4 Å². The maximum atomic E-state index is 13.5. The molecule has 1 aliphatic carbocycles. The average molecular weight is 523 g/mol. The number of benzene rings is 1. The van der Waals surface area contributed by atoms with Crippen LogP contribution in [-0.2, 0) is 16.2 Å². The van der Waals surface area contributed by atoms with Gasteiger partial charge in [0.2, 0.25) is 11.8 Å². The first-order valence-corrected chi connectivity index (χ1v) is 12.9. The average Bonchev–Trinajstić information content (AvgIpc) is 3.46. The number of carbonyl (C=O) groups excluding carboxylic acids is 2. The van der Waals surface area contributed by atoms with Crippen molar-refractivity contribution in [3.05, 3.63) is 64.6 Å². The Balaban J connectivity index is 1.54. The van der Waals surface area contributed by atoms with Gasteiger partial charge in [-0.15, -0.1) is 0 Å². The molecule has 9 nitrogen and oxygen atoms in total. The van der Waals surface area contributed by atoms with E-state index in [1.165, 1.54) is 12.1 Å². The van der Waals surface area contributed by atoms with Crippen molar-refractivity contribution in [3.63, 3.8) is 0 Å². The molecule has 0 spiro atoms. The standard InChI is InChI=1S/C28H34BNO8/c1-3-17(12-20-8-9-21(14-31)38-20)7-10-24(33)25-16(2)11-22-26(23(25)15-32)28(35)30(27(22)34)19-6-4-5-18(13-19)29(36)37/h4-6,8-9,12-13,22-24,26,31-33,36-37H,3,7,10-11,14-15H2,1-2H3/b17-12+/t22-,23+,24-,26-/m1/s1. The number of amides is 2. The Morgan fingerprint density at radius 2 is 1.95 bits per heavy atom. The van der Waals surface area contributed by atoms with Gasteiger partial charge < -0.3 is 29.8 Å². The summed E-state index contributed by atoms with van der Waals surface area (Å²) in [6.07, 6.45) is 2.95. The zero-order valence-electron chi connectivity index (χ0n) is 21.6. The van der Waals surface area contributed by atoms with Crippen LogP contribution in [0, 0.1) is 17.8 Å². The van der Waals surface area contributed by atoms with Crippen molar-refractivity contribution in [1.29, 1.82) is 0 Å². The van der Waals surface area contributed by atoms with E-state index in [0.29, 0.717) is 36.4 Å². The van der Waals surface area contributed by atoms with Crippen molar-refractivity contribution in [2.24, 2.45) is 17.8 Å². The van der Waals surface area contributed by atoms with Gasteiger partial charge in [-0.05, 0) is 74.0 Å². The molecule has 10 heteroatoms. The Kier molecular flexibility index (Phi) is 8.69. The predicted octanol–water partition coefficient (Wildman–Crippen LogP) is 1.52. The lowest BCUT2D eigenvalue weighted by molar-refractivity contribution is -0.123. The van der Waals surface area contributed by atoms with Crippen molar-refractivity contribution in [1.82, 2.24) is 0 Å². The molecule has 1 aliphatic heterocycles. The lowest BCUT2D eigenvalue weighted by Gasteiger charge is -2.35. The SMILES string of the molecule is CC/C(=C\c1ccc(CO)o1)CC[C@@H](O)C1=C(C)C[C@H]2C(=O)N(c3cccc(B(O)O)c3)C(=O)[C@H]2[C@H]1CO. The molecule has 1 saturated heterocycles. The number of imide groups is 1. The van der Waals surface area contributed by atoms with E-state index in [4.69, 9.17) is 4.42 Å². The van der Waals surface area contributed by atoms with Gasteiger partial charge in [-0.1, -0.05) is 30.2 Å². The highest BCUT2D eigenvalue weighted by molar-refractivity contribution is 6.58. The molecule has 0 bridgehead atoms. The summed E-state index contributed by atoms with van der Waals surface area (Å²) in [6.45, 7) is 3.26. The normalized spacial score (nSPS) is 22.8. The lowest BCUT2D eigenvalue weighted by atomic mass is 9.68. The van der Waals surface area contributed by atoms with Crippen LogP contribution in [0.3, 0.4) is 0 Å². The minimum Gasteiger partial charge on any atom is -0.459 e. The van der Waals surface area contributed by atoms with Crippen LogP contribution in [-0.4, -0.2) is 57.0 Å². The molecule has 0 unspecified atom stereocenters. The van der Waals surface area contributed by atoms with Gasteiger partial charge in [0.05, 0.1) is 30.2 Å². The second-order valence-electron chi connectivity index (χ2n) is 10.0. The minimum atomic E-state index is -1.74. The fraction of sp³-hybridized carbons (Fsp3) is 0.429. The van der Waals surface area contributed by atoms with Crippen molar-refractivity contribution in [2.45, 2.75) is 52.2 Å². The van der Waals surface area contributed by atoms with Gasteiger partial charge >= 0.3 is 7.12 Å². The van der Waals surface area contributed by atoms with Gasteiger partial charge in [-0.25, -0.2) is 0 Å². The summed E-state index contributed by atoms with van der Waals surface area (Å²) < 4.78 is 5.54. The number of fused-ring (bicyclic) bond motifs is 1. The molecule has 202 valence electrons. The van der Waals surface area contributed by atoms with Crippen molar-refractivity contribution in [2.75, 3.05) is 11.5 Å². The topological polar surface area (TPSA) is 152 Å². The van der Waals surface area contributed by atoms with Gasteiger partial charge in [0.25, 0.3) is 0 Å². The van der Waals surface area contributed by atoms with Crippen LogP contribution >= 0.6 is 0 Å². The molecule has 4 atom stereocenters. The number of aliphatic hydroxyl groups excluding tert-OH is 3. The van der Waals surface area contributed by atoms with Crippen molar-refractivity contribution >= 4 is 36.2 Å². The van der Waals surface area contributed by atoms with E-state index in [0.717, 1.165) is 22.5 Å². The number of hydrogen-bond donors (Lipinski definition) is 5. The van der Waals surface area contributed by atoms with Crippen molar-refractivity contribution in [3.8, 4) is 0 Å². The zero-order chi connectivity index (χ0) is 27.6. The maximum Gasteiger partial charge on any atom is 0.488 e. The number of carbonyl (C=O) groups is 2. The van der Waals surface area contributed by atoms with E-state index in [9.17, 15) is 35.0 Å². The van der Waals surface area contributed by atoms with Crippen LogP contribution in [0.5, 0.6) is 0 Å². The molecule has 0 radical (unpaired) electrons. The Morgan fingerprint density at radius 3 is 2.58 bits per heavy atom. The molecule has 0 saturated carbocycles. The van der Waals surface area contributed by atoms with Crippen molar-refractivity contribution < 1.29 is 39.4 Å². The maximum absolute atomic E-state index is 13.5. The summed E-state index contributed by atoms with van der Waals surface area (Å²) >= 11 is 0. The van der Waals surface area contributed by atoms with Crippen LogP contribution in [0.1, 0.15) is 51.1 Å². The quantitative estimate of drug-likeness (QED) is 0.179. The fourth-order valence-corrected chi connectivity index (χ4v) is 5.78. The molecule has 1 aromatic carbocycles. The summed E-state index contributed by atoms with van der Waals surface area (Å²) in [6, 6.07) is 9.46. The summed E-state index contributed by atoms with van der Waals surface area (Å²) in [4.78, 5) is 28.0. The van der Waals surface area contributed by atoms with Gasteiger partial charge in [0.1, 0.15) is 18.1 Å². The molecule has 2 amide bonds. The number of rotatable bonds is 10. The molecule has 1 aromatic heterocycles. The third-order valence-corrected chi connectivity index (χ3v) is 7.69. The Labute approximate surface area is 221 Å². The van der Waals surface area contributed by atoms with Crippen LogP contribution < -0.4 is 10.4 Å². The first kappa shape index (κ1) is 28.0. The second-order valence-corrected chi connectivity index (χ2v) is 10.0. The molecule has 5 N–H and O–H groups in total. The highest BCUT2D eigenvalue weighted by Crippen LogP contribution is 2.47. The van der Waals surface area contributed by atoms with E-state index in [2.05, 4.69) is 0 Å². The summed E-state index contributed by atoms with van der Waals surface area (Å²) in [7, 11) is -1.74. The Hall–Kier alpha value is -3.02. The van der Waals surface area contributed by atoms with Crippen LogP contribution in [0.15, 0.2) is 57.5 Å². The minimum absolute atomic E-state index is 0.156. The van der Waals surface area contributed by atoms with E-state index in [1.807, 2.05) is 19.9 Å². The number of anilines is 1. The van der Waals surface area contributed by atoms with E-state index >= 15 is 0 Å². The van der Waals surface area contributed by atoms with Crippen LogP contribution in [0.25, 0.3) is 6.08 Å². The number of aliphatic hydroxyl groups is 3. The lowest BCUT2D eigenvalue weighted by Crippen LogP contribution is -2.39. The molecule has 2 aromatic rings. The van der Waals surface area contributed by atoms with Gasteiger partial charge in [-0.3, -0.25) is 14.5 Å². The monoisotopic (exact) mass is 523 g/mol. The van der Waals surface area contributed by atoms with Gasteiger partial charge in [0, 0.05) is 5.92 Å². The number of hydrogen-bond acceptors (Lipinski definition) is 8. The third kappa shape index (κ3) is 5.41. The highest BCUT2D eigenvalue weighted by Gasteiger charge is 2.54. The summed E-state index contributed by atoms with van der Waals surface area (Å²) in [5.74, 6) is -1.95. The molecule has 4 rings (SSSR count). The zero-order valence-corrected chi connectivity index (χ0v) is 21.6. The molecule has 2 aliphatic rings. The first-order chi connectivity index (χ1) is 18.2. The van der Waals surface area contributed by atoms with Crippen LogP contribution in [0.4, 0.5) is 5.69 Å². The smallest absolute Gasteiger partial charge is 0.459 e. The molecular weight excluding hydrogens is 489 g/mol. The third-order valence-electron chi connectivity index (χ3n) is 7.69. The molecular formula is C28H34BNO8. The number of furan rings is 1. The number of allylic oxidation sites excluding steroid dienone is 2. The Bertz CT molecular complexity index is 1250. The predicted molar refractivity (Wildman–Crippen MR) is 142 cm³/mol. The largest absolute Gasteiger partial charge is 0.488 e. The first-order valence-electron chi connectivity index (χ1n) is 12.9. The van der Waals surface area contributed by atoms with Crippen LogP contribution in [0.2, 0.25) is 0 Å². The molecule has 38 heavy (non-hydrogen) atoms. The summed E-state index contributed by atoms with van der Waals surface area (Å²) in [5.41, 5.74) is 2.84. The van der Waals surface area contributed by atoms with Gasteiger partial charge in [0.15, 0.2) is 0 Å². The fourth-order valence-electron chi connectivity index (χ4n) is 5.78. The van der Waals surface area contributed by atoms with Gasteiger partial charge in [-0.2, -0.15) is 0 Å². The Morgan fingerprint density at radius 1 is 1.18 bits per heavy atom. The second kappa shape index (κ2) is 11.8.